The maximum Gasteiger partial charge on any atom is 0.326 e. The first-order valence-corrected chi connectivity index (χ1v) is 5.84. The number of para-hydroxylation sites is 1. The quantitative estimate of drug-likeness (QED) is 0.899. The number of benzene rings is 1. The summed E-state index contributed by atoms with van der Waals surface area (Å²) < 4.78 is 13.8. The second-order valence-corrected chi connectivity index (χ2v) is 4.51. The van der Waals surface area contributed by atoms with E-state index in [0.717, 1.165) is 4.90 Å². The van der Waals surface area contributed by atoms with Crippen LogP contribution in [0.3, 0.4) is 0 Å². The lowest BCUT2D eigenvalue weighted by molar-refractivity contribution is -0.141. The van der Waals surface area contributed by atoms with E-state index in [2.05, 4.69) is 21.2 Å². The third-order valence-electron chi connectivity index (χ3n) is 2.45. The number of nitrogens with zero attached hydrogens (tertiary/aromatic N) is 1. The van der Waals surface area contributed by atoms with Crippen LogP contribution in [0.25, 0.3) is 0 Å². The highest BCUT2D eigenvalue weighted by Gasteiger charge is 2.22. The first-order chi connectivity index (χ1) is 8.34. The zero-order valence-electron chi connectivity index (χ0n) is 9.78. The highest BCUT2D eigenvalue weighted by Crippen LogP contribution is 2.25. The Morgan fingerprint density at radius 1 is 1.50 bits per heavy atom. The Morgan fingerprint density at radius 3 is 2.61 bits per heavy atom. The number of carboxylic acid groups (broad SMARTS) is 1. The van der Waals surface area contributed by atoms with Crippen molar-refractivity contribution in [2.75, 3.05) is 12.4 Å². The molecule has 1 unspecified atom stereocenters. The van der Waals surface area contributed by atoms with Gasteiger partial charge in [0, 0.05) is 11.5 Å². The largest absolute Gasteiger partial charge is 0.480 e. The van der Waals surface area contributed by atoms with Crippen LogP contribution in [0.4, 0.5) is 14.9 Å². The van der Waals surface area contributed by atoms with Gasteiger partial charge in [0.15, 0.2) is 0 Å². The SMILES string of the molecule is CC(C(=O)O)N(C)C(=O)Nc1c(F)cccc1Br. The maximum atomic E-state index is 13.5. The molecule has 7 heteroatoms. The van der Waals surface area contributed by atoms with Gasteiger partial charge in [-0.2, -0.15) is 0 Å². The van der Waals surface area contributed by atoms with E-state index < -0.39 is 23.9 Å². The third-order valence-corrected chi connectivity index (χ3v) is 3.11. The van der Waals surface area contributed by atoms with E-state index in [0.29, 0.717) is 4.47 Å². The number of urea groups is 1. The lowest BCUT2D eigenvalue weighted by Gasteiger charge is -2.22. The number of hydrogen-bond donors (Lipinski definition) is 2. The molecule has 0 aliphatic heterocycles. The molecule has 2 N–H and O–H groups in total. The minimum Gasteiger partial charge on any atom is -0.480 e. The van der Waals surface area contributed by atoms with Crippen LogP contribution in [0, 0.1) is 5.82 Å². The Balaban J connectivity index is 2.85. The van der Waals surface area contributed by atoms with Crippen molar-refractivity contribution in [1.29, 1.82) is 0 Å². The number of carbonyl (C=O) groups is 2. The van der Waals surface area contributed by atoms with E-state index in [-0.39, 0.29) is 5.69 Å². The van der Waals surface area contributed by atoms with Crippen molar-refractivity contribution in [3.8, 4) is 0 Å². The van der Waals surface area contributed by atoms with Crippen LogP contribution < -0.4 is 5.32 Å². The smallest absolute Gasteiger partial charge is 0.326 e. The number of carboxylic acids is 1. The summed E-state index contributed by atoms with van der Waals surface area (Å²) in [5, 5.41) is 11.1. The number of amides is 2. The van der Waals surface area contributed by atoms with Gasteiger partial charge >= 0.3 is 12.0 Å². The topological polar surface area (TPSA) is 69.6 Å². The Kier molecular flexibility index (Phi) is 4.66. The van der Waals surface area contributed by atoms with Crippen molar-refractivity contribution in [3.63, 3.8) is 0 Å². The van der Waals surface area contributed by atoms with Crippen molar-refractivity contribution in [1.82, 2.24) is 4.90 Å². The molecule has 1 atom stereocenters. The average Bonchev–Trinajstić information content (AvgIpc) is 2.31. The van der Waals surface area contributed by atoms with Gasteiger partial charge in [-0.1, -0.05) is 6.07 Å². The molecule has 0 aromatic heterocycles. The molecule has 0 saturated carbocycles. The number of halogens is 2. The van der Waals surface area contributed by atoms with Crippen molar-refractivity contribution < 1.29 is 19.1 Å². The van der Waals surface area contributed by atoms with Crippen LogP contribution in [-0.2, 0) is 4.79 Å². The van der Waals surface area contributed by atoms with Crippen LogP contribution in [0.1, 0.15) is 6.92 Å². The molecule has 1 rings (SSSR count). The zero-order valence-corrected chi connectivity index (χ0v) is 11.4. The predicted molar refractivity (Wildman–Crippen MR) is 68.0 cm³/mol. The van der Waals surface area contributed by atoms with Gasteiger partial charge in [-0.25, -0.2) is 14.0 Å². The molecule has 98 valence electrons. The number of rotatable bonds is 3. The van der Waals surface area contributed by atoms with Gasteiger partial charge in [0.25, 0.3) is 0 Å². The van der Waals surface area contributed by atoms with Gasteiger partial charge in [0.1, 0.15) is 11.9 Å². The molecule has 1 aromatic rings. The second-order valence-electron chi connectivity index (χ2n) is 3.65. The van der Waals surface area contributed by atoms with E-state index in [1.807, 2.05) is 0 Å². The van der Waals surface area contributed by atoms with E-state index in [4.69, 9.17) is 5.11 Å². The number of nitrogens with one attached hydrogen (secondary N) is 1. The number of likely N-dealkylation sites (N-methyl/N-ethyl adjacent to an activating group) is 1. The molecule has 0 heterocycles. The minimum absolute atomic E-state index is 0.0214. The van der Waals surface area contributed by atoms with Crippen LogP contribution in [0.15, 0.2) is 22.7 Å². The molecule has 18 heavy (non-hydrogen) atoms. The normalized spacial score (nSPS) is 11.8. The molecule has 0 aliphatic rings. The molecule has 1 aromatic carbocycles. The number of aliphatic carboxylic acids is 1. The van der Waals surface area contributed by atoms with Crippen LogP contribution >= 0.6 is 15.9 Å². The highest BCUT2D eigenvalue weighted by atomic mass is 79.9. The molecule has 0 bridgehead atoms. The van der Waals surface area contributed by atoms with Crippen LogP contribution in [-0.4, -0.2) is 35.1 Å². The Bertz CT molecular complexity index is 461. The number of carbonyl (C=O) groups excluding carboxylic acids is 1. The number of hydrogen-bond acceptors (Lipinski definition) is 2. The fourth-order valence-electron chi connectivity index (χ4n) is 1.15. The number of anilines is 1. The summed E-state index contributed by atoms with van der Waals surface area (Å²) in [6.45, 7) is 1.36. The Labute approximate surface area is 112 Å². The average molecular weight is 319 g/mol. The monoisotopic (exact) mass is 318 g/mol. The molecular weight excluding hydrogens is 307 g/mol. The summed E-state index contributed by atoms with van der Waals surface area (Å²) in [4.78, 5) is 23.4. The predicted octanol–water partition coefficient (Wildman–Crippen LogP) is 2.53. The molecule has 5 nitrogen and oxygen atoms in total. The third kappa shape index (κ3) is 3.19. The summed E-state index contributed by atoms with van der Waals surface area (Å²) in [5.41, 5.74) is -0.0214. The van der Waals surface area contributed by atoms with Gasteiger partial charge in [-0.05, 0) is 35.0 Å². The lowest BCUT2D eigenvalue weighted by Crippen LogP contribution is -2.42. The van der Waals surface area contributed by atoms with Crippen molar-refractivity contribution in [3.05, 3.63) is 28.5 Å². The summed E-state index contributed by atoms with van der Waals surface area (Å²) in [5.74, 6) is -1.74. The van der Waals surface area contributed by atoms with E-state index in [1.165, 1.54) is 26.1 Å². The summed E-state index contributed by atoms with van der Waals surface area (Å²) in [6, 6.07) is 2.55. The summed E-state index contributed by atoms with van der Waals surface area (Å²) in [6.07, 6.45) is 0. The molecule has 0 aliphatic carbocycles. The fraction of sp³-hybridized carbons (Fsp3) is 0.273. The van der Waals surface area contributed by atoms with E-state index >= 15 is 0 Å². The molecule has 2 amide bonds. The molecule has 0 spiro atoms. The van der Waals surface area contributed by atoms with Gasteiger partial charge in [-0.3, -0.25) is 0 Å². The Morgan fingerprint density at radius 2 is 2.11 bits per heavy atom. The molecular formula is C11H12BrFN2O3. The summed E-state index contributed by atoms with van der Waals surface area (Å²) >= 11 is 3.10. The van der Waals surface area contributed by atoms with Gasteiger partial charge in [0.05, 0.1) is 5.69 Å². The lowest BCUT2D eigenvalue weighted by atomic mass is 10.3. The van der Waals surface area contributed by atoms with Crippen molar-refractivity contribution in [2.45, 2.75) is 13.0 Å². The van der Waals surface area contributed by atoms with Crippen molar-refractivity contribution >= 4 is 33.6 Å². The standard InChI is InChI=1S/C11H12BrFN2O3/c1-6(10(16)17)15(2)11(18)14-9-7(12)4-3-5-8(9)13/h3-6H,1-2H3,(H,14,18)(H,16,17). The zero-order chi connectivity index (χ0) is 13.9. The first kappa shape index (κ1) is 14.4. The summed E-state index contributed by atoms with van der Waals surface area (Å²) in [7, 11) is 1.32. The maximum absolute atomic E-state index is 13.5. The van der Waals surface area contributed by atoms with Gasteiger partial charge < -0.3 is 15.3 Å². The van der Waals surface area contributed by atoms with Gasteiger partial charge in [0.2, 0.25) is 0 Å². The van der Waals surface area contributed by atoms with E-state index in [1.54, 1.807) is 6.07 Å². The van der Waals surface area contributed by atoms with Crippen LogP contribution in [0.5, 0.6) is 0 Å². The van der Waals surface area contributed by atoms with Crippen LogP contribution in [0.2, 0.25) is 0 Å². The van der Waals surface area contributed by atoms with Gasteiger partial charge in [-0.15, -0.1) is 0 Å². The Hall–Kier alpha value is -1.63. The molecule has 0 radical (unpaired) electrons. The molecule has 0 fully saturated rings. The molecule has 0 saturated heterocycles. The minimum atomic E-state index is -1.14. The fourth-order valence-corrected chi connectivity index (χ4v) is 1.60. The first-order valence-electron chi connectivity index (χ1n) is 5.05. The second kappa shape index (κ2) is 5.81. The highest BCUT2D eigenvalue weighted by molar-refractivity contribution is 9.10. The van der Waals surface area contributed by atoms with Crippen molar-refractivity contribution in [2.24, 2.45) is 0 Å². The van der Waals surface area contributed by atoms with E-state index in [9.17, 15) is 14.0 Å².